The molecule has 3 aromatic rings. The Morgan fingerprint density at radius 1 is 1.20 bits per heavy atom. The highest BCUT2D eigenvalue weighted by atomic mass is 35.5. The lowest BCUT2D eigenvalue weighted by atomic mass is 10.1. The number of rotatable bonds is 4. The quantitative estimate of drug-likeness (QED) is 0.734. The topological polar surface area (TPSA) is 59.0 Å². The van der Waals surface area contributed by atoms with E-state index < -0.39 is 0 Å². The number of anilines is 1. The van der Waals surface area contributed by atoms with Crippen molar-refractivity contribution in [3.8, 4) is 0 Å². The summed E-state index contributed by atoms with van der Waals surface area (Å²) in [4.78, 5) is 16.9. The number of carbonyl (C=O) groups is 1. The molecule has 0 unspecified atom stereocenters. The SMILES string of the molecule is Cc1cccc(NC(=O)N[C@@H](c2ccc(Cl)cc2)c2nccn2C)c1. The van der Waals surface area contributed by atoms with Crippen molar-refractivity contribution in [2.24, 2.45) is 7.05 Å². The minimum atomic E-state index is -0.387. The molecular weight excluding hydrogens is 336 g/mol. The fourth-order valence-electron chi connectivity index (χ4n) is 2.63. The van der Waals surface area contributed by atoms with Gasteiger partial charge in [-0.25, -0.2) is 9.78 Å². The summed E-state index contributed by atoms with van der Waals surface area (Å²) in [6.45, 7) is 1.98. The molecule has 2 aromatic carbocycles. The number of imidazole rings is 1. The zero-order valence-electron chi connectivity index (χ0n) is 14.0. The van der Waals surface area contributed by atoms with Crippen LogP contribution in [0.4, 0.5) is 10.5 Å². The van der Waals surface area contributed by atoms with E-state index in [-0.39, 0.29) is 12.1 Å². The molecule has 25 heavy (non-hydrogen) atoms. The van der Waals surface area contributed by atoms with Gasteiger partial charge in [0.1, 0.15) is 11.9 Å². The van der Waals surface area contributed by atoms with E-state index in [4.69, 9.17) is 11.6 Å². The second-order valence-corrected chi connectivity index (χ2v) is 6.29. The molecule has 6 heteroatoms. The summed E-state index contributed by atoms with van der Waals surface area (Å²) in [7, 11) is 1.89. The maximum Gasteiger partial charge on any atom is 0.320 e. The van der Waals surface area contributed by atoms with Gasteiger partial charge in [-0.05, 0) is 42.3 Å². The highest BCUT2D eigenvalue weighted by Crippen LogP contribution is 2.22. The van der Waals surface area contributed by atoms with Crippen LogP contribution in [-0.4, -0.2) is 15.6 Å². The molecule has 0 saturated carbocycles. The lowest BCUT2D eigenvalue weighted by molar-refractivity contribution is 0.249. The summed E-state index contributed by atoms with van der Waals surface area (Å²) in [6, 6.07) is 14.3. The van der Waals surface area contributed by atoms with Gasteiger partial charge in [-0.3, -0.25) is 0 Å². The van der Waals surface area contributed by atoms with Crippen molar-refractivity contribution in [3.05, 3.63) is 82.9 Å². The number of amides is 2. The average molecular weight is 355 g/mol. The van der Waals surface area contributed by atoms with Crippen molar-refractivity contribution in [2.75, 3.05) is 5.32 Å². The molecule has 0 spiro atoms. The summed E-state index contributed by atoms with van der Waals surface area (Å²) >= 11 is 5.98. The first-order valence-electron chi connectivity index (χ1n) is 7.90. The molecule has 0 saturated heterocycles. The number of hydrogen-bond donors (Lipinski definition) is 2. The fourth-order valence-corrected chi connectivity index (χ4v) is 2.75. The molecule has 1 aromatic heterocycles. The first-order valence-corrected chi connectivity index (χ1v) is 8.27. The highest BCUT2D eigenvalue weighted by Gasteiger charge is 2.20. The molecule has 2 amide bonds. The highest BCUT2D eigenvalue weighted by molar-refractivity contribution is 6.30. The molecule has 0 fully saturated rings. The first kappa shape index (κ1) is 17.0. The minimum absolute atomic E-state index is 0.298. The predicted molar refractivity (Wildman–Crippen MR) is 99.8 cm³/mol. The van der Waals surface area contributed by atoms with E-state index in [0.717, 1.165) is 22.6 Å². The van der Waals surface area contributed by atoms with Gasteiger partial charge < -0.3 is 15.2 Å². The number of urea groups is 1. The van der Waals surface area contributed by atoms with E-state index in [1.54, 1.807) is 18.3 Å². The molecule has 0 radical (unpaired) electrons. The summed E-state index contributed by atoms with van der Waals surface area (Å²) < 4.78 is 1.88. The maximum absolute atomic E-state index is 12.5. The van der Waals surface area contributed by atoms with Crippen LogP contribution in [0, 0.1) is 6.92 Å². The number of halogens is 1. The van der Waals surface area contributed by atoms with Gasteiger partial charge in [0, 0.05) is 30.2 Å². The summed E-state index contributed by atoms with van der Waals surface area (Å²) in [5.74, 6) is 0.738. The molecule has 2 N–H and O–H groups in total. The fraction of sp³-hybridized carbons (Fsp3) is 0.158. The monoisotopic (exact) mass is 354 g/mol. The Balaban J connectivity index is 1.83. The van der Waals surface area contributed by atoms with Crippen molar-refractivity contribution in [3.63, 3.8) is 0 Å². The third-order valence-corrected chi connectivity index (χ3v) is 4.12. The summed E-state index contributed by atoms with van der Waals surface area (Å²) in [6.07, 6.45) is 3.55. The Kier molecular flexibility index (Phi) is 5.05. The Bertz CT molecular complexity index is 873. The van der Waals surface area contributed by atoms with Crippen LogP contribution in [0.3, 0.4) is 0 Å². The molecule has 0 bridgehead atoms. The van der Waals surface area contributed by atoms with E-state index >= 15 is 0 Å². The zero-order valence-corrected chi connectivity index (χ0v) is 14.8. The van der Waals surface area contributed by atoms with Crippen molar-refractivity contribution in [1.29, 1.82) is 0 Å². The van der Waals surface area contributed by atoms with Gasteiger partial charge in [0.25, 0.3) is 0 Å². The van der Waals surface area contributed by atoms with Crippen molar-refractivity contribution >= 4 is 23.3 Å². The maximum atomic E-state index is 12.5. The Morgan fingerprint density at radius 2 is 1.96 bits per heavy atom. The number of aryl methyl sites for hydroxylation is 2. The number of nitrogens with one attached hydrogen (secondary N) is 2. The number of benzene rings is 2. The summed E-state index contributed by atoms with van der Waals surface area (Å²) in [5, 5.41) is 6.50. The first-order chi connectivity index (χ1) is 12.0. The van der Waals surface area contributed by atoms with Crippen LogP contribution in [0.5, 0.6) is 0 Å². The van der Waals surface area contributed by atoms with E-state index in [2.05, 4.69) is 15.6 Å². The van der Waals surface area contributed by atoms with Crippen LogP contribution in [-0.2, 0) is 7.05 Å². The second kappa shape index (κ2) is 7.40. The van der Waals surface area contributed by atoms with E-state index in [1.165, 1.54) is 0 Å². The number of carbonyl (C=O) groups excluding carboxylic acids is 1. The molecule has 128 valence electrons. The van der Waals surface area contributed by atoms with Crippen molar-refractivity contribution in [2.45, 2.75) is 13.0 Å². The molecule has 1 atom stereocenters. The third-order valence-electron chi connectivity index (χ3n) is 3.87. The molecular formula is C19H19ClN4O. The van der Waals surface area contributed by atoms with Gasteiger partial charge in [0.2, 0.25) is 0 Å². The Hall–Kier alpha value is -2.79. The molecule has 5 nitrogen and oxygen atoms in total. The Labute approximate surface area is 151 Å². The smallest absolute Gasteiger partial charge is 0.320 e. The van der Waals surface area contributed by atoms with Crippen LogP contribution in [0.2, 0.25) is 5.02 Å². The van der Waals surface area contributed by atoms with Crippen molar-refractivity contribution in [1.82, 2.24) is 14.9 Å². The van der Waals surface area contributed by atoms with Gasteiger partial charge in [0.15, 0.2) is 0 Å². The molecule has 0 aliphatic heterocycles. The third kappa shape index (κ3) is 4.19. The normalized spacial score (nSPS) is 11.8. The van der Waals surface area contributed by atoms with Crippen molar-refractivity contribution < 1.29 is 4.79 Å². The van der Waals surface area contributed by atoms with Crippen LogP contribution in [0.15, 0.2) is 60.9 Å². The second-order valence-electron chi connectivity index (χ2n) is 5.85. The van der Waals surface area contributed by atoms with Crippen LogP contribution in [0.25, 0.3) is 0 Å². The van der Waals surface area contributed by atoms with Gasteiger partial charge >= 0.3 is 6.03 Å². The van der Waals surface area contributed by atoms with Gasteiger partial charge in [-0.1, -0.05) is 35.9 Å². The Morgan fingerprint density at radius 3 is 2.60 bits per heavy atom. The van der Waals surface area contributed by atoms with Gasteiger partial charge in [-0.2, -0.15) is 0 Å². The molecule has 0 aliphatic carbocycles. The molecule has 0 aliphatic rings. The predicted octanol–water partition coefficient (Wildman–Crippen LogP) is 4.29. The number of nitrogens with zero attached hydrogens (tertiary/aromatic N) is 2. The van der Waals surface area contributed by atoms with E-state index in [0.29, 0.717) is 5.02 Å². The number of hydrogen-bond acceptors (Lipinski definition) is 2. The van der Waals surface area contributed by atoms with Gasteiger partial charge in [-0.15, -0.1) is 0 Å². The molecule has 1 heterocycles. The summed E-state index contributed by atoms with van der Waals surface area (Å²) in [5.41, 5.74) is 2.72. The minimum Gasteiger partial charge on any atom is -0.336 e. The van der Waals surface area contributed by atoms with Gasteiger partial charge in [0.05, 0.1) is 0 Å². The lowest BCUT2D eigenvalue weighted by Crippen LogP contribution is -2.34. The van der Waals surface area contributed by atoms with E-state index in [1.807, 2.05) is 61.1 Å². The molecule has 3 rings (SSSR count). The standard InChI is InChI=1S/C19H19ClN4O/c1-13-4-3-5-16(12-13)22-19(25)23-17(18-21-10-11-24(18)2)14-6-8-15(20)9-7-14/h3-12,17H,1-2H3,(H2,22,23,25)/t17-/m0/s1. The van der Waals surface area contributed by atoms with Crippen LogP contribution in [0.1, 0.15) is 23.0 Å². The average Bonchev–Trinajstić information content (AvgIpc) is 2.99. The van der Waals surface area contributed by atoms with E-state index in [9.17, 15) is 4.79 Å². The zero-order chi connectivity index (χ0) is 17.8. The largest absolute Gasteiger partial charge is 0.336 e. The number of aromatic nitrogens is 2. The van der Waals surface area contributed by atoms with Crippen LogP contribution >= 0.6 is 11.6 Å². The van der Waals surface area contributed by atoms with Crippen LogP contribution < -0.4 is 10.6 Å². The lowest BCUT2D eigenvalue weighted by Gasteiger charge is -2.19.